The molecule has 1 aliphatic rings. The molecule has 1 unspecified atom stereocenters. The quantitative estimate of drug-likeness (QED) is 0.868. The van der Waals surface area contributed by atoms with Gasteiger partial charge in [0.1, 0.15) is 11.5 Å². The average Bonchev–Trinajstić information content (AvgIpc) is 3.04. The largest absolute Gasteiger partial charge is 0.460 e. The Bertz CT molecular complexity index is 650. The maximum absolute atomic E-state index is 6.23. The van der Waals surface area contributed by atoms with Gasteiger partial charge in [0.2, 0.25) is 0 Å². The van der Waals surface area contributed by atoms with Crippen LogP contribution in [0.2, 0.25) is 5.02 Å². The predicted molar refractivity (Wildman–Crippen MR) is 99.4 cm³/mol. The molecule has 1 fully saturated rings. The Morgan fingerprint density at radius 2 is 1.88 bits per heavy atom. The Morgan fingerprint density at radius 3 is 2.62 bits per heavy atom. The Balaban J connectivity index is 1.48. The lowest BCUT2D eigenvalue weighted by Gasteiger charge is -2.36. The topological polar surface area (TPSA) is 31.7 Å². The Hall–Kier alpha value is -1.33. The van der Waals surface area contributed by atoms with Crippen molar-refractivity contribution in [3.05, 3.63) is 47.2 Å². The van der Waals surface area contributed by atoms with Crippen LogP contribution in [-0.4, -0.2) is 55.6 Å². The summed E-state index contributed by atoms with van der Waals surface area (Å²) in [5.74, 6) is 1.76. The lowest BCUT2D eigenvalue weighted by molar-refractivity contribution is 0.117. The zero-order valence-electron chi connectivity index (χ0n) is 14.5. The van der Waals surface area contributed by atoms with Crippen molar-refractivity contribution in [3.8, 4) is 11.3 Å². The molecule has 4 nitrogen and oxygen atoms in total. The zero-order valence-corrected chi connectivity index (χ0v) is 15.2. The van der Waals surface area contributed by atoms with Crippen LogP contribution in [0.3, 0.4) is 0 Å². The maximum Gasteiger partial charge on any atom is 0.135 e. The molecule has 0 radical (unpaired) electrons. The van der Waals surface area contributed by atoms with Gasteiger partial charge in [-0.2, -0.15) is 0 Å². The van der Waals surface area contributed by atoms with Crippen LogP contribution in [0.5, 0.6) is 0 Å². The summed E-state index contributed by atoms with van der Waals surface area (Å²) in [6.07, 6.45) is 0. The molecule has 2 aromatic rings. The lowest BCUT2D eigenvalue weighted by atomic mass is 10.2. The fraction of sp³-hybridized carbons (Fsp3) is 0.474. The number of furan rings is 1. The number of piperazine rings is 1. The second kappa shape index (κ2) is 8.17. The molecular formula is C19H26ClN3O. The third-order valence-corrected chi connectivity index (χ3v) is 5.03. The van der Waals surface area contributed by atoms with Gasteiger partial charge in [-0.05, 0) is 38.2 Å². The molecule has 24 heavy (non-hydrogen) atoms. The van der Waals surface area contributed by atoms with Crippen molar-refractivity contribution in [2.45, 2.75) is 19.5 Å². The van der Waals surface area contributed by atoms with Crippen LogP contribution in [0, 0.1) is 0 Å². The first-order chi connectivity index (χ1) is 11.6. The van der Waals surface area contributed by atoms with Crippen molar-refractivity contribution >= 4 is 11.6 Å². The summed E-state index contributed by atoms with van der Waals surface area (Å²) in [6, 6.07) is 12.3. The van der Waals surface area contributed by atoms with Gasteiger partial charge in [-0.25, -0.2) is 0 Å². The number of halogens is 1. The SMILES string of the molecule is CC(CNCc1ccc(-c2ccccc2Cl)o1)N1CCN(C)CC1. The molecule has 1 aromatic heterocycles. The van der Waals surface area contributed by atoms with E-state index in [9.17, 15) is 0 Å². The highest BCUT2D eigenvalue weighted by Crippen LogP contribution is 2.28. The Labute approximate surface area is 149 Å². The Kier molecular flexibility index (Phi) is 5.95. The highest BCUT2D eigenvalue weighted by molar-refractivity contribution is 6.33. The van der Waals surface area contributed by atoms with E-state index in [1.807, 2.05) is 36.4 Å². The first kappa shape index (κ1) is 17.5. The van der Waals surface area contributed by atoms with Gasteiger partial charge in [0.25, 0.3) is 0 Å². The van der Waals surface area contributed by atoms with Crippen LogP contribution >= 0.6 is 11.6 Å². The minimum atomic E-state index is 0.539. The molecule has 0 saturated carbocycles. The summed E-state index contributed by atoms with van der Waals surface area (Å²) >= 11 is 6.23. The molecule has 130 valence electrons. The van der Waals surface area contributed by atoms with E-state index in [1.165, 1.54) is 0 Å². The van der Waals surface area contributed by atoms with E-state index >= 15 is 0 Å². The van der Waals surface area contributed by atoms with Crippen molar-refractivity contribution in [3.63, 3.8) is 0 Å². The highest BCUT2D eigenvalue weighted by Gasteiger charge is 2.18. The van der Waals surface area contributed by atoms with Crippen LogP contribution in [0.4, 0.5) is 0 Å². The van der Waals surface area contributed by atoms with E-state index in [0.29, 0.717) is 6.04 Å². The van der Waals surface area contributed by atoms with Gasteiger partial charge >= 0.3 is 0 Å². The summed E-state index contributed by atoms with van der Waals surface area (Å²) in [5.41, 5.74) is 0.941. The van der Waals surface area contributed by atoms with Gasteiger partial charge in [-0.3, -0.25) is 4.90 Å². The third-order valence-electron chi connectivity index (χ3n) is 4.70. The molecule has 5 heteroatoms. The van der Waals surface area contributed by atoms with Gasteiger partial charge in [0.15, 0.2) is 0 Å². The average molecular weight is 348 g/mol. The standard InChI is InChI=1S/C19H26ClN3O/c1-15(23-11-9-22(2)10-12-23)13-21-14-16-7-8-19(24-16)17-5-3-4-6-18(17)20/h3-8,15,21H,9-14H2,1-2H3. The van der Waals surface area contributed by atoms with Crippen molar-refractivity contribution < 1.29 is 4.42 Å². The number of rotatable bonds is 6. The minimum Gasteiger partial charge on any atom is -0.460 e. The van der Waals surface area contributed by atoms with Gasteiger partial charge < -0.3 is 14.6 Å². The second-order valence-electron chi connectivity index (χ2n) is 6.56. The number of likely N-dealkylation sites (N-methyl/N-ethyl adjacent to an activating group) is 1. The summed E-state index contributed by atoms with van der Waals surface area (Å²) < 4.78 is 5.92. The van der Waals surface area contributed by atoms with Gasteiger partial charge in [-0.1, -0.05) is 23.7 Å². The molecule has 1 N–H and O–H groups in total. The van der Waals surface area contributed by atoms with E-state index in [2.05, 4.69) is 29.1 Å². The van der Waals surface area contributed by atoms with E-state index in [-0.39, 0.29) is 0 Å². The lowest BCUT2D eigenvalue weighted by Crippen LogP contribution is -2.50. The van der Waals surface area contributed by atoms with Crippen LogP contribution in [0.15, 0.2) is 40.8 Å². The molecule has 0 amide bonds. The number of hydrogen-bond acceptors (Lipinski definition) is 4. The molecule has 3 rings (SSSR count). The van der Waals surface area contributed by atoms with Gasteiger partial charge in [-0.15, -0.1) is 0 Å². The fourth-order valence-electron chi connectivity index (χ4n) is 3.07. The number of nitrogens with one attached hydrogen (secondary N) is 1. The first-order valence-electron chi connectivity index (χ1n) is 8.60. The van der Waals surface area contributed by atoms with Crippen LogP contribution in [0.25, 0.3) is 11.3 Å². The maximum atomic E-state index is 6.23. The molecule has 1 aromatic carbocycles. The molecule has 1 atom stereocenters. The molecule has 0 spiro atoms. The van der Waals surface area contributed by atoms with Crippen LogP contribution < -0.4 is 5.32 Å². The first-order valence-corrected chi connectivity index (χ1v) is 8.98. The molecule has 2 heterocycles. The predicted octanol–water partition coefficient (Wildman–Crippen LogP) is 3.33. The highest BCUT2D eigenvalue weighted by atomic mass is 35.5. The summed E-state index contributed by atoms with van der Waals surface area (Å²) in [5, 5.41) is 4.22. The monoisotopic (exact) mass is 347 g/mol. The van der Waals surface area contributed by atoms with Crippen molar-refractivity contribution in [1.82, 2.24) is 15.1 Å². The smallest absolute Gasteiger partial charge is 0.135 e. The second-order valence-corrected chi connectivity index (χ2v) is 6.97. The van der Waals surface area contributed by atoms with E-state index in [1.54, 1.807) is 0 Å². The normalized spacial score (nSPS) is 18.0. The van der Waals surface area contributed by atoms with Crippen LogP contribution in [-0.2, 0) is 6.54 Å². The minimum absolute atomic E-state index is 0.539. The van der Waals surface area contributed by atoms with E-state index in [4.69, 9.17) is 16.0 Å². The number of nitrogens with zero attached hydrogens (tertiary/aromatic N) is 2. The van der Waals surface area contributed by atoms with Crippen molar-refractivity contribution in [2.75, 3.05) is 39.8 Å². The van der Waals surface area contributed by atoms with Gasteiger partial charge in [0.05, 0.1) is 11.6 Å². The molecule has 0 aliphatic carbocycles. The summed E-state index contributed by atoms with van der Waals surface area (Å²) in [6.45, 7) is 8.60. The van der Waals surface area contributed by atoms with E-state index in [0.717, 1.165) is 61.4 Å². The van der Waals surface area contributed by atoms with Crippen molar-refractivity contribution in [2.24, 2.45) is 0 Å². The fourth-order valence-corrected chi connectivity index (χ4v) is 3.30. The molecule has 1 saturated heterocycles. The van der Waals surface area contributed by atoms with E-state index < -0.39 is 0 Å². The third kappa shape index (κ3) is 4.39. The van der Waals surface area contributed by atoms with Crippen LogP contribution in [0.1, 0.15) is 12.7 Å². The molecular weight excluding hydrogens is 322 g/mol. The van der Waals surface area contributed by atoms with Crippen molar-refractivity contribution in [1.29, 1.82) is 0 Å². The number of hydrogen-bond donors (Lipinski definition) is 1. The van der Waals surface area contributed by atoms with Gasteiger partial charge in [0, 0.05) is 44.3 Å². The molecule has 1 aliphatic heterocycles. The number of benzene rings is 1. The molecule has 0 bridgehead atoms. The zero-order chi connectivity index (χ0) is 16.9. The summed E-state index contributed by atoms with van der Waals surface area (Å²) in [7, 11) is 2.19. The Morgan fingerprint density at radius 1 is 1.12 bits per heavy atom. The summed E-state index contributed by atoms with van der Waals surface area (Å²) in [4.78, 5) is 4.93.